The molecule has 0 spiro atoms. The topological polar surface area (TPSA) is 68.3 Å². The van der Waals surface area contributed by atoms with Gasteiger partial charge < -0.3 is 9.47 Å². The van der Waals surface area contributed by atoms with Gasteiger partial charge in [0.2, 0.25) is 0 Å². The molecule has 3 heterocycles. The molecule has 0 bridgehead atoms. The van der Waals surface area contributed by atoms with Gasteiger partial charge in [-0.2, -0.15) is 0 Å². The molecule has 1 saturated heterocycles. The van der Waals surface area contributed by atoms with E-state index in [1.165, 1.54) is 17.2 Å². The Morgan fingerprint density at radius 2 is 1.77 bits per heavy atom. The van der Waals surface area contributed by atoms with Gasteiger partial charge in [0.1, 0.15) is 0 Å². The molecular formula is C22H29ClN6O2. The van der Waals surface area contributed by atoms with Crippen molar-refractivity contribution in [3.8, 4) is 0 Å². The third-order valence-corrected chi connectivity index (χ3v) is 6.30. The smallest absolute Gasteiger partial charge is 0.325 e. The summed E-state index contributed by atoms with van der Waals surface area (Å²) in [6.45, 7) is 6.82. The fourth-order valence-corrected chi connectivity index (χ4v) is 4.54. The SMILES string of the molecule is Cn1c(=O)c2c(ncn2CCCN2CCCN(Cc3cccc(Cl)c3)CC2)n(C)c1=O. The van der Waals surface area contributed by atoms with Crippen molar-refractivity contribution >= 4 is 22.8 Å². The number of aromatic nitrogens is 4. The lowest BCUT2D eigenvalue weighted by Gasteiger charge is -2.22. The minimum Gasteiger partial charge on any atom is -0.325 e. The third kappa shape index (κ3) is 4.76. The molecule has 166 valence electrons. The fourth-order valence-electron chi connectivity index (χ4n) is 4.33. The van der Waals surface area contributed by atoms with Crippen LogP contribution in [0.25, 0.3) is 11.2 Å². The maximum atomic E-state index is 12.6. The summed E-state index contributed by atoms with van der Waals surface area (Å²) in [6, 6.07) is 8.09. The minimum absolute atomic E-state index is 0.290. The molecule has 4 rings (SSSR count). The Kier molecular flexibility index (Phi) is 6.60. The van der Waals surface area contributed by atoms with Crippen molar-refractivity contribution in [3.63, 3.8) is 0 Å². The van der Waals surface area contributed by atoms with Gasteiger partial charge >= 0.3 is 5.69 Å². The summed E-state index contributed by atoms with van der Waals surface area (Å²) in [5.74, 6) is 0. The van der Waals surface area contributed by atoms with Crippen LogP contribution in [0.1, 0.15) is 18.4 Å². The molecule has 0 unspecified atom stereocenters. The Morgan fingerprint density at radius 1 is 1.00 bits per heavy atom. The highest BCUT2D eigenvalue weighted by Crippen LogP contribution is 2.14. The molecule has 9 heteroatoms. The number of nitrogens with zero attached hydrogens (tertiary/aromatic N) is 6. The first-order chi connectivity index (χ1) is 14.9. The van der Waals surface area contributed by atoms with E-state index in [4.69, 9.17) is 11.6 Å². The van der Waals surface area contributed by atoms with Crippen LogP contribution in [-0.2, 0) is 27.2 Å². The second-order valence-electron chi connectivity index (χ2n) is 8.27. The van der Waals surface area contributed by atoms with Crippen LogP contribution < -0.4 is 11.2 Å². The average Bonchev–Trinajstić information content (AvgIpc) is 3.05. The van der Waals surface area contributed by atoms with E-state index >= 15 is 0 Å². The van der Waals surface area contributed by atoms with E-state index in [1.807, 2.05) is 22.8 Å². The summed E-state index contributed by atoms with van der Waals surface area (Å²) >= 11 is 6.12. The predicted molar refractivity (Wildman–Crippen MR) is 123 cm³/mol. The van der Waals surface area contributed by atoms with Crippen molar-refractivity contribution in [1.82, 2.24) is 28.5 Å². The lowest BCUT2D eigenvalue weighted by Crippen LogP contribution is -2.37. The molecular weight excluding hydrogens is 416 g/mol. The van der Waals surface area contributed by atoms with E-state index in [9.17, 15) is 9.59 Å². The highest BCUT2D eigenvalue weighted by atomic mass is 35.5. The second kappa shape index (κ2) is 9.38. The van der Waals surface area contributed by atoms with Gasteiger partial charge in [0.05, 0.1) is 6.33 Å². The normalized spacial score (nSPS) is 16.1. The van der Waals surface area contributed by atoms with Gasteiger partial charge in [-0.15, -0.1) is 0 Å². The number of hydrogen-bond acceptors (Lipinski definition) is 5. The molecule has 1 aromatic carbocycles. The fraction of sp³-hybridized carbons (Fsp3) is 0.500. The molecule has 1 aliphatic rings. The van der Waals surface area contributed by atoms with Gasteiger partial charge in [-0.25, -0.2) is 9.78 Å². The van der Waals surface area contributed by atoms with Crippen molar-refractivity contribution in [3.05, 3.63) is 62.0 Å². The summed E-state index contributed by atoms with van der Waals surface area (Å²) in [6.07, 6.45) is 3.73. The van der Waals surface area contributed by atoms with E-state index in [-0.39, 0.29) is 11.2 Å². The van der Waals surface area contributed by atoms with E-state index in [0.29, 0.717) is 17.7 Å². The number of fused-ring (bicyclic) bond motifs is 1. The number of aryl methyl sites for hydroxylation is 2. The Balaban J connectivity index is 1.33. The summed E-state index contributed by atoms with van der Waals surface area (Å²) in [5, 5.41) is 0.788. The Labute approximate surface area is 186 Å². The van der Waals surface area contributed by atoms with Crippen molar-refractivity contribution in [2.45, 2.75) is 25.9 Å². The van der Waals surface area contributed by atoms with Gasteiger partial charge in [-0.1, -0.05) is 23.7 Å². The van der Waals surface area contributed by atoms with E-state index < -0.39 is 0 Å². The first kappa shape index (κ1) is 21.8. The van der Waals surface area contributed by atoms with Crippen molar-refractivity contribution < 1.29 is 0 Å². The molecule has 1 fully saturated rings. The molecule has 8 nitrogen and oxygen atoms in total. The van der Waals surface area contributed by atoms with Crippen LogP contribution in [0.3, 0.4) is 0 Å². The zero-order chi connectivity index (χ0) is 22.0. The van der Waals surface area contributed by atoms with Gasteiger partial charge in [0.15, 0.2) is 11.2 Å². The summed E-state index contributed by atoms with van der Waals surface area (Å²) < 4.78 is 4.45. The van der Waals surface area contributed by atoms with E-state index in [0.717, 1.165) is 61.7 Å². The highest BCUT2D eigenvalue weighted by Gasteiger charge is 2.17. The van der Waals surface area contributed by atoms with Crippen molar-refractivity contribution in [2.24, 2.45) is 14.1 Å². The Hall–Kier alpha value is -2.42. The van der Waals surface area contributed by atoms with Gasteiger partial charge in [-0.05, 0) is 50.2 Å². The lowest BCUT2D eigenvalue weighted by atomic mass is 10.2. The van der Waals surface area contributed by atoms with E-state index in [2.05, 4.69) is 20.9 Å². The number of halogens is 1. The summed E-state index contributed by atoms with van der Waals surface area (Å²) in [4.78, 5) is 33.9. The quantitative estimate of drug-likeness (QED) is 0.578. The molecule has 0 amide bonds. The van der Waals surface area contributed by atoms with E-state index in [1.54, 1.807) is 13.4 Å². The first-order valence-electron chi connectivity index (χ1n) is 10.7. The molecule has 0 saturated carbocycles. The maximum absolute atomic E-state index is 12.6. The predicted octanol–water partition coefficient (Wildman–Crippen LogP) is 1.69. The van der Waals surface area contributed by atoms with Crippen LogP contribution in [0.5, 0.6) is 0 Å². The van der Waals surface area contributed by atoms with Gasteiger partial charge in [0.25, 0.3) is 5.56 Å². The zero-order valence-corrected chi connectivity index (χ0v) is 18.9. The van der Waals surface area contributed by atoms with Gasteiger partial charge in [-0.3, -0.25) is 18.8 Å². The molecule has 2 aromatic heterocycles. The zero-order valence-electron chi connectivity index (χ0n) is 18.1. The largest absolute Gasteiger partial charge is 0.332 e. The Bertz CT molecular complexity index is 1180. The van der Waals surface area contributed by atoms with Crippen molar-refractivity contribution in [2.75, 3.05) is 32.7 Å². The third-order valence-electron chi connectivity index (χ3n) is 6.07. The average molecular weight is 445 g/mol. The number of benzene rings is 1. The number of hydrogen-bond donors (Lipinski definition) is 0. The standard InChI is InChI=1S/C22H29ClN6O2/c1-25-20-19(21(30)26(2)22(25)31)29(16-24-20)11-5-9-27-8-4-10-28(13-12-27)15-17-6-3-7-18(23)14-17/h3,6-7,14,16H,4-5,8-13,15H2,1-2H3. The molecule has 31 heavy (non-hydrogen) atoms. The maximum Gasteiger partial charge on any atom is 0.332 e. The minimum atomic E-state index is -0.352. The van der Waals surface area contributed by atoms with Crippen LogP contribution in [0.4, 0.5) is 0 Å². The highest BCUT2D eigenvalue weighted by molar-refractivity contribution is 6.30. The summed E-state index contributed by atoms with van der Waals surface area (Å²) in [5.41, 5.74) is 1.55. The molecule has 0 aliphatic carbocycles. The summed E-state index contributed by atoms with van der Waals surface area (Å²) in [7, 11) is 3.15. The molecule has 1 aliphatic heterocycles. The van der Waals surface area contributed by atoms with Crippen LogP contribution >= 0.6 is 11.6 Å². The van der Waals surface area contributed by atoms with Crippen LogP contribution in [0.15, 0.2) is 40.2 Å². The van der Waals surface area contributed by atoms with Crippen LogP contribution in [-0.4, -0.2) is 61.2 Å². The molecule has 0 N–H and O–H groups in total. The number of imidazole rings is 1. The first-order valence-corrected chi connectivity index (χ1v) is 11.1. The lowest BCUT2D eigenvalue weighted by molar-refractivity contribution is 0.248. The van der Waals surface area contributed by atoms with Gasteiger partial charge in [0, 0.05) is 45.3 Å². The monoisotopic (exact) mass is 444 g/mol. The number of rotatable bonds is 6. The Morgan fingerprint density at radius 3 is 2.58 bits per heavy atom. The second-order valence-corrected chi connectivity index (χ2v) is 8.71. The van der Waals surface area contributed by atoms with Crippen LogP contribution in [0, 0.1) is 0 Å². The molecule has 0 radical (unpaired) electrons. The molecule has 0 atom stereocenters. The van der Waals surface area contributed by atoms with Crippen LogP contribution in [0.2, 0.25) is 5.02 Å². The van der Waals surface area contributed by atoms with Crippen molar-refractivity contribution in [1.29, 1.82) is 0 Å². The molecule has 3 aromatic rings.